The Morgan fingerprint density at radius 2 is 1.68 bits per heavy atom. The minimum Gasteiger partial charge on any atom is -0.378 e. The van der Waals surface area contributed by atoms with Crippen LogP contribution in [-0.4, -0.2) is 45.8 Å². The van der Waals surface area contributed by atoms with Gasteiger partial charge in [0, 0.05) is 55.2 Å². The average molecular weight is 469 g/mol. The van der Waals surface area contributed by atoms with Crippen LogP contribution in [-0.2, 0) is 17.7 Å². The number of ether oxygens (including phenoxy) is 1. The number of hydrogen-bond acceptors (Lipinski definition) is 7. The van der Waals surface area contributed by atoms with Gasteiger partial charge in [0.05, 0.1) is 13.2 Å². The summed E-state index contributed by atoms with van der Waals surface area (Å²) in [4.78, 5) is 16.7. The van der Waals surface area contributed by atoms with E-state index in [0.29, 0.717) is 18.8 Å². The monoisotopic (exact) mass is 468 g/mol. The fourth-order valence-electron chi connectivity index (χ4n) is 3.88. The quantitative estimate of drug-likeness (QED) is 0.377. The zero-order chi connectivity index (χ0) is 23.2. The molecule has 0 unspecified atom stereocenters. The zero-order valence-electron chi connectivity index (χ0n) is 18.7. The van der Waals surface area contributed by atoms with E-state index in [9.17, 15) is 0 Å². The third-order valence-corrected chi connectivity index (χ3v) is 6.61. The van der Waals surface area contributed by atoms with Crippen LogP contribution in [0.1, 0.15) is 22.8 Å². The molecule has 7 nitrogen and oxygen atoms in total. The van der Waals surface area contributed by atoms with E-state index in [4.69, 9.17) is 15.0 Å². The van der Waals surface area contributed by atoms with Gasteiger partial charge in [-0.3, -0.25) is 0 Å². The van der Waals surface area contributed by atoms with Gasteiger partial charge in [-0.1, -0.05) is 36.0 Å². The summed E-state index contributed by atoms with van der Waals surface area (Å²) in [6.07, 6.45) is 5.99. The average Bonchev–Trinajstić information content (AvgIpc) is 3.33. The molecule has 0 N–H and O–H groups in total. The molecule has 3 heterocycles. The SMILES string of the molecule is N#Cc1nccn1Cc1ccc(Sc2ccnc(Cc3ccc(N4CCOCC4)cc3)n2)cc1. The molecule has 0 aliphatic carbocycles. The fourth-order valence-corrected chi connectivity index (χ4v) is 4.67. The molecule has 0 amide bonds. The highest BCUT2D eigenvalue weighted by molar-refractivity contribution is 7.99. The van der Waals surface area contributed by atoms with E-state index in [1.165, 1.54) is 11.3 Å². The Hall–Kier alpha value is -3.67. The molecule has 4 aromatic rings. The minimum absolute atomic E-state index is 0.419. The van der Waals surface area contributed by atoms with Crippen LogP contribution in [0.5, 0.6) is 0 Å². The predicted molar refractivity (Wildman–Crippen MR) is 131 cm³/mol. The van der Waals surface area contributed by atoms with E-state index in [1.54, 1.807) is 18.0 Å². The Kier molecular flexibility index (Phi) is 6.84. The topological polar surface area (TPSA) is 79.9 Å². The molecule has 0 spiro atoms. The van der Waals surface area contributed by atoms with Crippen LogP contribution in [0.4, 0.5) is 5.69 Å². The number of benzene rings is 2. The van der Waals surface area contributed by atoms with Gasteiger partial charge in [-0.25, -0.2) is 15.0 Å². The summed E-state index contributed by atoms with van der Waals surface area (Å²) in [5, 5.41) is 10.0. The number of aromatic nitrogens is 4. The lowest BCUT2D eigenvalue weighted by molar-refractivity contribution is 0.122. The first-order chi connectivity index (χ1) is 16.8. The maximum Gasteiger partial charge on any atom is 0.213 e. The summed E-state index contributed by atoms with van der Waals surface area (Å²) in [7, 11) is 0. The number of imidazole rings is 1. The molecular weight excluding hydrogens is 444 g/mol. The van der Waals surface area contributed by atoms with Crippen molar-refractivity contribution in [1.82, 2.24) is 19.5 Å². The number of morpholine rings is 1. The Bertz CT molecular complexity index is 1270. The van der Waals surface area contributed by atoms with Gasteiger partial charge < -0.3 is 14.2 Å². The Morgan fingerprint density at radius 3 is 2.44 bits per heavy atom. The fraction of sp³-hybridized carbons (Fsp3) is 0.231. The van der Waals surface area contributed by atoms with Gasteiger partial charge in [0.2, 0.25) is 5.82 Å². The first kappa shape index (κ1) is 22.1. The smallest absolute Gasteiger partial charge is 0.213 e. The van der Waals surface area contributed by atoms with Crippen molar-refractivity contribution in [2.75, 3.05) is 31.2 Å². The lowest BCUT2D eigenvalue weighted by Crippen LogP contribution is -2.36. The summed E-state index contributed by atoms with van der Waals surface area (Å²) < 4.78 is 7.28. The van der Waals surface area contributed by atoms with Gasteiger partial charge in [-0.2, -0.15) is 5.26 Å². The maximum atomic E-state index is 9.12. The summed E-state index contributed by atoms with van der Waals surface area (Å²) in [6.45, 7) is 4.07. The molecule has 34 heavy (non-hydrogen) atoms. The van der Waals surface area contributed by atoms with Crippen molar-refractivity contribution in [3.05, 3.63) is 96.0 Å². The van der Waals surface area contributed by atoms with E-state index in [1.807, 2.05) is 23.0 Å². The van der Waals surface area contributed by atoms with Gasteiger partial charge in [-0.15, -0.1) is 0 Å². The van der Waals surface area contributed by atoms with E-state index >= 15 is 0 Å². The molecule has 1 saturated heterocycles. The zero-order valence-corrected chi connectivity index (χ0v) is 19.5. The van der Waals surface area contributed by atoms with Crippen molar-refractivity contribution in [2.24, 2.45) is 0 Å². The van der Waals surface area contributed by atoms with Crippen LogP contribution in [0.15, 0.2) is 83.1 Å². The highest BCUT2D eigenvalue weighted by Gasteiger charge is 2.11. The normalized spacial score (nSPS) is 13.6. The number of anilines is 1. The van der Waals surface area contributed by atoms with Crippen LogP contribution in [0.2, 0.25) is 0 Å². The van der Waals surface area contributed by atoms with Crippen LogP contribution in [0, 0.1) is 11.3 Å². The van der Waals surface area contributed by atoms with Crippen molar-refractivity contribution < 1.29 is 4.74 Å². The summed E-state index contributed by atoms with van der Waals surface area (Å²) in [6, 6.07) is 21.0. The molecule has 0 saturated carbocycles. The molecular formula is C26H24N6OS. The van der Waals surface area contributed by atoms with Crippen molar-refractivity contribution in [2.45, 2.75) is 22.9 Å². The predicted octanol–water partition coefficient (Wildman–Crippen LogP) is 4.17. The molecule has 1 aliphatic rings. The molecule has 2 aromatic heterocycles. The maximum absolute atomic E-state index is 9.12. The molecule has 8 heteroatoms. The van der Waals surface area contributed by atoms with Crippen molar-refractivity contribution in [1.29, 1.82) is 5.26 Å². The minimum atomic E-state index is 0.419. The number of hydrogen-bond donors (Lipinski definition) is 0. The second-order valence-electron chi connectivity index (χ2n) is 7.99. The largest absolute Gasteiger partial charge is 0.378 e. The Balaban J connectivity index is 1.21. The van der Waals surface area contributed by atoms with Crippen molar-refractivity contribution in [3.8, 4) is 6.07 Å². The van der Waals surface area contributed by atoms with Crippen LogP contribution in [0.3, 0.4) is 0 Å². The summed E-state index contributed by atoms with van der Waals surface area (Å²) in [5.41, 5.74) is 3.54. The molecule has 1 fully saturated rings. The van der Waals surface area contributed by atoms with Gasteiger partial charge >= 0.3 is 0 Å². The molecule has 5 rings (SSSR count). The summed E-state index contributed by atoms with van der Waals surface area (Å²) >= 11 is 1.62. The lowest BCUT2D eigenvalue weighted by Gasteiger charge is -2.28. The molecule has 170 valence electrons. The number of nitriles is 1. The highest BCUT2D eigenvalue weighted by atomic mass is 32.2. The van der Waals surface area contributed by atoms with Crippen LogP contribution in [0.25, 0.3) is 0 Å². The van der Waals surface area contributed by atoms with Crippen LogP contribution < -0.4 is 4.90 Å². The van der Waals surface area contributed by atoms with Crippen molar-refractivity contribution >= 4 is 17.4 Å². The van der Waals surface area contributed by atoms with Gasteiger partial charge in [0.1, 0.15) is 16.9 Å². The Labute approximate surface area is 203 Å². The molecule has 1 aliphatic heterocycles. The first-order valence-electron chi connectivity index (χ1n) is 11.2. The molecule has 0 radical (unpaired) electrons. The molecule has 2 aromatic carbocycles. The van der Waals surface area contributed by atoms with E-state index in [2.05, 4.69) is 69.5 Å². The molecule has 0 bridgehead atoms. The van der Waals surface area contributed by atoms with E-state index < -0.39 is 0 Å². The van der Waals surface area contributed by atoms with Crippen LogP contribution >= 0.6 is 11.8 Å². The van der Waals surface area contributed by atoms with Gasteiger partial charge in [-0.05, 0) is 41.5 Å². The third kappa shape index (κ3) is 5.45. The number of rotatable bonds is 7. The number of nitrogens with zero attached hydrogens (tertiary/aromatic N) is 6. The van der Waals surface area contributed by atoms with E-state index in [0.717, 1.165) is 47.6 Å². The molecule has 0 atom stereocenters. The second kappa shape index (κ2) is 10.5. The van der Waals surface area contributed by atoms with Gasteiger partial charge in [0.25, 0.3) is 0 Å². The van der Waals surface area contributed by atoms with Crippen molar-refractivity contribution in [3.63, 3.8) is 0 Å². The second-order valence-corrected chi connectivity index (χ2v) is 9.08. The Morgan fingerprint density at radius 1 is 0.912 bits per heavy atom. The first-order valence-corrected chi connectivity index (χ1v) is 12.0. The highest BCUT2D eigenvalue weighted by Crippen LogP contribution is 2.26. The third-order valence-electron chi connectivity index (χ3n) is 5.67. The lowest BCUT2D eigenvalue weighted by atomic mass is 10.1. The van der Waals surface area contributed by atoms with Gasteiger partial charge in [0.15, 0.2) is 0 Å². The standard InChI is InChI=1S/C26H24N6OS/c27-18-25-29-11-12-32(25)19-21-3-7-23(8-4-21)34-26-9-10-28-24(30-26)17-20-1-5-22(6-2-20)31-13-15-33-16-14-31/h1-12H,13-17,19H2. The van der Waals surface area contributed by atoms with E-state index in [-0.39, 0.29) is 0 Å². The summed E-state index contributed by atoms with van der Waals surface area (Å²) in [5.74, 6) is 1.23.